The van der Waals surface area contributed by atoms with Gasteiger partial charge in [-0.05, 0) is 37.0 Å². The minimum absolute atomic E-state index is 0.135. The van der Waals surface area contributed by atoms with Crippen molar-refractivity contribution in [2.45, 2.75) is 39.8 Å². The average Bonchev–Trinajstić information content (AvgIpc) is 2.40. The molecule has 1 rings (SSSR count). The lowest BCUT2D eigenvalue weighted by atomic mass is 10.1. The van der Waals surface area contributed by atoms with Crippen LogP contribution >= 0.6 is 11.6 Å². The smallest absolute Gasteiger partial charge is 0.260 e. The van der Waals surface area contributed by atoms with Crippen LogP contribution in [0.25, 0.3) is 0 Å². The molecule has 1 atom stereocenters. The second kappa shape index (κ2) is 8.12. The summed E-state index contributed by atoms with van der Waals surface area (Å²) >= 11 is 6.09. The fourth-order valence-corrected chi connectivity index (χ4v) is 1.89. The average molecular weight is 299 g/mol. The van der Waals surface area contributed by atoms with Gasteiger partial charge in [0.15, 0.2) is 6.10 Å². The maximum atomic E-state index is 11.9. The van der Waals surface area contributed by atoms with E-state index >= 15 is 0 Å². The van der Waals surface area contributed by atoms with E-state index in [4.69, 9.17) is 22.1 Å². The van der Waals surface area contributed by atoms with E-state index < -0.39 is 6.10 Å². The number of carbonyl (C=O) groups excluding carboxylic acids is 1. The lowest BCUT2D eigenvalue weighted by Crippen LogP contribution is -2.37. The lowest BCUT2D eigenvalue weighted by molar-refractivity contribution is -0.127. The molecule has 0 aliphatic rings. The third-order valence-corrected chi connectivity index (χ3v) is 3.22. The Bertz CT molecular complexity index is 449. The van der Waals surface area contributed by atoms with Gasteiger partial charge in [-0.3, -0.25) is 4.79 Å². The number of nitrogens with one attached hydrogen (secondary N) is 1. The van der Waals surface area contributed by atoms with Gasteiger partial charge < -0.3 is 15.8 Å². The predicted molar refractivity (Wildman–Crippen MR) is 81.9 cm³/mol. The van der Waals surface area contributed by atoms with E-state index in [1.54, 1.807) is 19.1 Å². The Balaban J connectivity index is 2.52. The molecular formula is C15H23ClN2O2. The van der Waals surface area contributed by atoms with Crippen LogP contribution in [0.1, 0.15) is 32.8 Å². The third-order valence-electron chi connectivity index (χ3n) is 2.93. The molecule has 0 fully saturated rings. The van der Waals surface area contributed by atoms with Crippen LogP contribution in [0, 0.1) is 5.92 Å². The Morgan fingerprint density at radius 1 is 1.40 bits per heavy atom. The summed E-state index contributed by atoms with van der Waals surface area (Å²) in [5.41, 5.74) is 6.46. The molecule has 0 aliphatic carbocycles. The van der Waals surface area contributed by atoms with Gasteiger partial charge in [-0.1, -0.05) is 31.5 Å². The summed E-state index contributed by atoms with van der Waals surface area (Å²) in [6, 6.07) is 5.33. The number of ether oxygens (including phenoxy) is 1. The highest BCUT2D eigenvalue weighted by molar-refractivity contribution is 6.32. The number of hydrogen-bond acceptors (Lipinski definition) is 3. The van der Waals surface area contributed by atoms with Gasteiger partial charge in [0.25, 0.3) is 5.91 Å². The van der Waals surface area contributed by atoms with Crippen molar-refractivity contribution in [3.63, 3.8) is 0 Å². The molecule has 1 amide bonds. The van der Waals surface area contributed by atoms with Crippen LogP contribution in [-0.4, -0.2) is 18.6 Å². The fourth-order valence-electron chi connectivity index (χ4n) is 1.64. The first-order valence-electron chi connectivity index (χ1n) is 6.87. The van der Waals surface area contributed by atoms with Crippen LogP contribution in [-0.2, 0) is 11.3 Å². The van der Waals surface area contributed by atoms with Gasteiger partial charge in [-0.15, -0.1) is 0 Å². The van der Waals surface area contributed by atoms with E-state index in [9.17, 15) is 4.79 Å². The summed E-state index contributed by atoms with van der Waals surface area (Å²) in [7, 11) is 0. The second-order valence-electron chi connectivity index (χ2n) is 5.20. The molecule has 0 aromatic heterocycles. The summed E-state index contributed by atoms with van der Waals surface area (Å²) < 4.78 is 5.58. The molecule has 112 valence electrons. The zero-order valence-electron chi connectivity index (χ0n) is 12.3. The van der Waals surface area contributed by atoms with Crippen LogP contribution in [0.2, 0.25) is 5.02 Å². The Morgan fingerprint density at radius 2 is 2.10 bits per heavy atom. The minimum Gasteiger partial charge on any atom is -0.479 e. The first-order valence-corrected chi connectivity index (χ1v) is 7.24. The Labute approximate surface area is 125 Å². The molecule has 0 aliphatic heterocycles. The Morgan fingerprint density at radius 3 is 2.65 bits per heavy atom. The highest BCUT2D eigenvalue weighted by Gasteiger charge is 2.15. The van der Waals surface area contributed by atoms with Gasteiger partial charge in [0, 0.05) is 13.1 Å². The van der Waals surface area contributed by atoms with Crippen LogP contribution in [0.4, 0.5) is 0 Å². The van der Waals surface area contributed by atoms with Crippen LogP contribution < -0.4 is 15.8 Å². The van der Waals surface area contributed by atoms with Gasteiger partial charge >= 0.3 is 0 Å². The standard InChI is InChI=1S/C15H23ClN2O2/c1-10(2)6-7-18-15(19)11(3)20-14-5-4-12(9-17)8-13(14)16/h4-5,8,10-11H,6-7,9,17H2,1-3H3,(H,18,19). The van der Waals surface area contributed by atoms with Crippen molar-refractivity contribution in [2.24, 2.45) is 11.7 Å². The molecule has 0 spiro atoms. The zero-order valence-corrected chi connectivity index (χ0v) is 13.0. The van der Waals surface area contributed by atoms with Gasteiger partial charge in [0.2, 0.25) is 0 Å². The third kappa shape index (κ3) is 5.39. The molecule has 0 radical (unpaired) electrons. The second-order valence-corrected chi connectivity index (χ2v) is 5.61. The maximum Gasteiger partial charge on any atom is 0.260 e. The quantitative estimate of drug-likeness (QED) is 0.813. The monoisotopic (exact) mass is 298 g/mol. The molecule has 0 bridgehead atoms. The molecule has 1 aromatic carbocycles. The summed E-state index contributed by atoms with van der Waals surface area (Å²) in [6.07, 6.45) is 0.369. The van der Waals surface area contributed by atoms with E-state index in [1.807, 2.05) is 6.07 Å². The lowest BCUT2D eigenvalue weighted by Gasteiger charge is -2.16. The molecule has 5 heteroatoms. The number of benzene rings is 1. The van der Waals surface area contributed by atoms with E-state index in [0.717, 1.165) is 12.0 Å². The summed E-state index contributed by atoms with van der Waals surface area (Å²) in [5.74, 6) is 0.921. The molecule has 4 nitrogen and oxygen atoms in total. The SMILES string of the molecule is CC(C)CCNC(=O)C(C)Oc1ccc(CN)cc1Cl. The molecular weight excluding hydrogens is 276 g/mol. The van der Waals surface area contributed by atoms with Crippen LogP contribution in [0.5, 0.6) is 5.75 Å². The number of rotatable bonds is 7. The maximum absolute atomic E-state index is 11.9. The normalized spacial score (nSPS) is 12.3. The van der Waals surface area contributed by atoms with Crippen LogP contribution in [0.3, 0.4) is 0 Å². The first kappa shape index (κ1) is 16.8. The van der Waals surface area contributed by atoms with Crippen molar-refractivity contribution in [2.75, 3.05) is 6.54 Å². The molecule has 20 heavy (non-hydrogen) atoms. The number of carbonyl (C=O) groups is 1. The summed E-state index contributed by atoms with van der Waals surface area (Å²) in [5, 5.41) is 3.32. The molecule has 1 aromatic rings. The molecule has 0 saturated carbocycles. The van der Waals surface area contributed by atoms with Gasteiger partial charge in [-0.25, -0.2) is 0 Å². The number of amides is 1. The highest BCUT2D eigenvalue weighted by Crippen LogP contribution is 2.26. The van der Waals surface area contributed by atoms with Crippen molar-refractivity contribution >= 4 is 17.5 Å². The van der Waals surface area contributed by atoms with Gasteiger partial charge in [0.1, 0.15) is 5.75 Å². The van der Waals surface area contributed by atoms with Crippen molar-refractivity contribution in [1.29, 1.82) is 0 Å². The fraction of sp³-hybridized carbons (Fsp3) is 0.533. The number of hydrogen-bond donors (Lipinski definition) is 2. The number of nitrogens with two attached hydrogens (primary N) is 1. The van der Waals surface area contributed by atoms with Gasteiger partial charge in [-0.2, -0.15) is 0 Å². The summed E-state index contributed by atoms with van der Waals surface area (Å²) in [6.45, 7) is 7.02. The van der Waals surface area contributed by atoms with E-state index in [-0.39, 0.29) is 5.91 Å². The number of halogens is 1. The van der Waals surface area contributed by atoms with Crippen molar-refractivity contribution in [3.8, 4) is 5.75 Å². The highest BCUT2D eigenvalue weighted by atomic mass is 35.5. The van der Waals surface area contributed by atoms with E-state index in [0.29, 0.717) is 29.8 Å². The zero-order chi connectivity index (χ0) is 15.1. The Hall–Kier alpha value is -1.26. The molecule has 1 unspecified atom stereocenters. The van der Waals surface area contributed by atoms with Crippen molar-refractivity contribution < 1.29 is 9.53 Å². The minimum atomic E-state index is -0.580. The first-order chi connectivity index (χ1) is 9.43. The van der Waals surface area contributed by atoms with E-state index in [2.05, 4.69) is 19.2 Å². The summed E-state index contributed by atoms with van der Waals surface area (Å²) in [4.78, 5) is 11.9. The van der Waals surface area contributed by atoms with Crippen molar-refractivity contribution in [3.05, 3.63) is 28.8 Å². The topological polar surface area (TPSA) is 64.3 Å². The molecule has 3 N–H and O–H groups in total. The van der Waals surface area contributed by atoms with Crippen molar-refractivity contribution in [1.82, 2.24) is 5.32 Å². The Kier molecular flexibility index (Phi) is 6.82. The predicted octanol–water partition coefficient (Wildman–Crippen LogP) is 2.73. The van der Waals surface area contributed by atoms with Gasteiger partial charge in [0.05, 0.1) is 5.02 Å². The molecule has 0 heterocycles. The van der Waals surface area contributed by atoms with E-state index in [1.165, 1.54) is 0 Å². The molecule has 0 saturated heterocycles. The van der Waals surface area contributed by atoms with Crippen LogP contribution in [0.15, 0.2) is 18.2 Å². The largest absolute Gasteiger partial charge is 0.479 e.